The Morgan fingerprint density at radius 2 is 2.00 bits per heavy atom. The molecule has 4 aromatic rings. The van der Waals surface area contributed by atoms with E-state index in [9.17, 15) is 4.79 Å². The van der Waals surface area contributed by atoms with Crippen LogP contribution in [0.3, 0.4) is 0 Å². The highest BCUT2D eigenvalue weighted by molar-refractivity contribution is 6.04. The average molecular weight is 432 g/mol. The van der Waals surface area contributed by atoms with E-state index in [0.29, 0.717) is 18.8 Å². The van der Waals surface area contributed by atoms with Crippen LogP contribution in [0.1, 0.15) is 44.6 Å². The van der Waals surface area contributed by atoms with Crippen molar-refractivity contribution >= 4 is 28.0 Å². The molecule has 4 rings (SSSR count). The number of alkyl carbamates (subject to hydrolysis) is 1. The van der Waals surface area contributed by atoms with E-state index in [0.717, 1.165) is 27.5 Å². The van der Waals surface area contributed by atoms with Crippen LogP contribution in [0, 0.1) is 11.3 Å². The lowest BCUT2D eigenvalue weighted by atomic mass is 10.0. The van der Waals surface area contributed by atoms with Crippen LogP contribution in [0.2, 0.25) is 0 Å². The molecule has 0 saturated carbocycles. The maximum absolute atomic E-state index is 12.5. The number of nitrogens with zero attached hydrogens (tertiary/aromatic N) is 5. The number of nitriles is 1. The SMILES string of the molecule is CC(C)(C)OC(=O)N[C@@H](Cc1ccc2c(c1)oc1ccccc12)c1nnnn1CCC#N. The summed E-state index contributed by atoms with van der Waals surface area (Å²) in [5, 5.41) is 25.7. The third-order valence-corrected chi connectivity index (χ3v) is 4.88. The van der Waals surface area contributed by atoms with Gasteiger partial charge in [0, 0.05) is 17.2 Å². The molecule has 32 heavy (non-hydrogen) atoms. The number of tetrazole rings is 1. The molecule has 0 aliphatic rings. The van der Waals surface area contributed by atoms with Gasteiger partial charge in [0.1, 0.15) is 16.8 Å². The van der Waals surface area contributed by atoms with Gasteiger partial charge < -0.3 is 14.5 Å². The molecule has 2 aromatic carbocycles. The van der Waals surface area contributed by atoms with Gasteiger partial charge in [0.2, 0.25) is 0 Å². The molecule has 0 bridgehead atoms. The van der Waals surface area contributed by atoms with Gasteiger partial charge in [0.15, 0.2) is 5.82 Å². The zero-order valence-electron chi connectivity index (χ0n) is 18.2. The molecule has 0 spiro atoms. The van der Waals surface area contributed by atoms with Crippen molar-refractivity contribution in [2.75, 3.05) is 0 Å². The van der Waals surface area contributed by atoms with Crippen molar-refractivity contribution in [3.8, 4) is 6.07 Å². The number of hydrogen-bond acceptors (Lipinski definition) is 7. The van der Waals surface area contributed by atoms with Gasteiger partial charge in [0.25, 0.3) is 0 Å². The molecule has 9 nitrogen and oxygen atoms in total. The van der Waals surface area contributed by atoms with E-state index < -0.39 is 17.7 Å². The predicted octanol–water partition coefficient (Wildman–Crippen LogP) is 4.29. The average Bonchev–Trinajstić information content (AvgIpc) is 3.34. The van der Waals surface area contributed by atoms with E-state index in [4.69, 9.17) is 14.4 Å². The van der Waals surface area contributed by atoms with Crippen molar-refractivity contribution in [3.05, 3.63) is 53.9 Å². The lowest BCUT2D eigenvalue weighted by Crippen LogP contribution is -2.37. The van der Waals surface area contributed by atoms with E-state index in [1.807, 2.05) is 42.5 Å². The smallest absolute Gasteiger partial charge is 0.408 e. The molecular formula is C23H24N6O3. The van der Waals surface area contributed by atoms with E-state index >= 15 is 0 Å². The number of nitrogens with one attached hydrogen (secondary N) is 1. The lowest BCUT2D eigenvalue weighted by Gasteiger charge is -2.23. The summed E-state index contributed by atoms with van der Waals surface area (Å²) in [6, 6.07) is 15.4. The zero-order valence-corrected chi connectivity index (χ0v) is 18.2. The molecule has 0 radical (unpaired) electrons. The molecule has 1 atom stereocenters. The van der Waals surface area contributed by atoms with Gasteiger partial charge in [-0.05, 0) is 48.9 Å². The molecule has 0 unspecified atom stereocenters. The van der Waals surface area contributed by atoms with Gasteiger partial charge in [-0.3, -0.25) is 0 Å². The minimum atomic E-state index is -0.644. The lowest BCUT2D eigenvalue weighted by molar-refractivity contribution is 0.0500. The van der Waals surface area contributed by atoms with Gasteiger partial charge >= 0.3 is 6.09 Å². The number of rotatable bonds is 6. The monoisotopic (exact) mass is 432 g/mol. The number of furan rings is 1. The number of carbonyl (C=O) groups excluding carboxylic acids is 1. The molecular weight excluding hydrogens is 408 g/mol. The van der Waals surface area contributed by atoms with Crippen molar-refractivity contribution in [2.24, 2.45) is 0 Å². The summed E-state index contributed by atoms with van der Waals surface area (Å²) in [6.45, 7) is 5.73. The molecule has 0 fully saturated rings. The van der Waals surface area contributed by atoms with Gasteiger partial charge in [-0.1, -0.05) is 30.3 Å². The van der Waals surface area contributed by atoms with E-state index in [2.05, 4.69) is 26.9 Å². The van der Waals surface area contributed by atoms with Crippen LogP contribution >= 0.6 is 0 Å². The summed E-state index contributed by atoms with van der Waals surface area (Å²) in [5.74, 6) is 0.454. The van der Waals surface area contributed by atoms with Crippen LogP contribution < -0.4 is 5.32 Å². The second-order valence-corrected chi connectivity index (χ2v) is 8.50. The van der Waals surface area contributed by atoms with Crippen LogP contribution in [-0.4, -0.2) is 31.9 Å². The van der Waals surface area contributed by atoms with Crippen LogP contribution in [0.5, 0.6) is 0 Å². The van der Waals surface area contributed by atoms with Crippen molar-refractivity contribution in [3.63, 3.8) is 0 Å². The van der Waals surface area contributed by atoms with E-state index in [1.165, 1.54) is 4.68 Å². The number of hydrogen-bond donors (Lipinski definition) is 1. The number of aromatic nitrogens is 4. The Hall–Kier alpha value is -3.93. The molecule has 0 aliphatic heterocycles. The third-order valence-electron chi connectivity index (χ3n) is 4.88. The number of ether oxygens (including phenoxy) is 1. The summed E-state index contributed by atoms with van der Waals surface area (Å²) in [7, 11) is 0. The molecule has 1 N–H and O–H groups in total. The molecule has 2 aromatic heterocycles. The third kappa shape index (κ3) is 4.70. The summed E-state index contributed by atoms with van der Waals surface area (Å²) < 4.78 is 13.0. The second kappa shape index (κ2) is 8.67. The zero-order chi connectivity index (χ0) is 22.7. The van der Waals surface area contributed by atoms with Crippen molar-refractivity contribution in [2.45, 2.75) is 51.8 Å². The topological polar surface area (TPSA) is 119 Å². The highest BCUT2D eigenvalue weighted by Gasteiger charge is 2.25. The first-order valence-electron chi connectivity index (χ1n) is 10.4. The first-order valence-corrected chi connectivity index (χ1v) is 10.4. The Balaban J connectivity index is 1.65. The Kier molecular flexibility index (Phi) is 5.77. The molecule has 0 saturated heterocycles. The second-order valence-electron chi connectivity index (χ2n) is 8.50. The molecule has 0 aliphatic carbocycles. The summed E-state index contributed by atoms with van der Waals surface area (Å²) in [6.07, 6.45) is 0.100. The minimum absolute atomic E-state index is 0.252. The Morgan fingerprint density at radius 1 is 1.22 bits per heavy atom. The molecule has 2 heterocycles. The maximum Gasteiger partial charge on any atom is 0.408 e. The fourth-order valence-electron chi connectivity index (χ4n) is 3.57. The van der Waals surface area contributed by atoms with Crippen LogP contribution in [0.4, 0.5) is 4.79 Å². The van der Waals surface area contributed by atoms with Crippen molar-refractivity contribution in [1.29, 1.82) is 5.26 Å². The maximum atomic E-state index is 12.5. The molecule has 9 heteroatoms. The molecule has 164 valence electrons. The van der Waals surface area contributed by atoms with Crippen LogP contribution in [0.15, 0.2) is 46.9 Å². The first-order chi connectivity index (χ1) is 15.3. The largest absolute Gasteiger partial charge is 0.456 e. The standard InChI is InChI=1S/C23H24N6O3/c1-23(2,3)32-22(30)25-18(21-26-27-28-29(21)12-6-11-24)13-15-9-10-17-16-7-4-5-8-19(16)31-20(17)14-15/h4-5,7-10,14,18H,6,12-13H2,1-3H3,(H,25,30)/t18-/m0/s1. The summed E-state index contributed by atoms with van der Waals surface area (Å²) >= 11 is 0. The number of amides is 1. The van der Waals surface area contributed by atoms with Crippen LogP contribution in [0.25, 0.3) is 21.9 Å². The summed E-state index contributed by atoms with van der Waals surface area (Å²) in [5.41, 5.74) is 1.88. The highest BCUT2D eigenvalue weighted by atomic mass is 16.6. The Morgan fingerprint density at radius 3 is 2.78 bits per heavy atom. The highest BCUT2D eigenvalue weighted by Crippen LogP contribution is 2.30. The first kappa shape index (κ1) is 21.3. The quantitative estimate of drug-likeness (QED) is 0.482. The number of carbonyl (C=O) groups is 1. The number of fused-ring (bicyclic) bond motifs is 3. The number of para-hydroxylation sites is 1. The van der Waals surface area contributed by atoms with Gasteiger partial charge in [-0.2, -0.15) is 5.26 Å². The van der Waals surface area contributed by atoms with Gasteiger partial charge in [-0.15, -0.1) is 5.10 Å². The fourth-order valence-corrected chi connectivity index (χ4v) is 3.57. The normalized spacial score (nSPS) is 12.6. The van der Waals surface area contributed by atoms with Gasteiger partial charge in [0.05, 0.1) is 25.1 Å². The van der Waals surface area contributed by atoms with Crippen molar-refractivity contribution < 1.29 is 13.9 Å². The minimum Gasteiger partial charge on any atom is -0.456 e. The van der Waals surface area contributed by atoms with Gasteiger partial charge in [-0.25, -0.2) is 9.48 Å². The van der Waals surface area contributed by atoms with E-state index in [-0.39, 0.29) is 6.42 Å². The van der Waals surface area contributed by atoms with Crippen molar-refractivity contribution in [1.82, 2.24) is 25.5 Å². The fraction of sp³-hybridized carbons (Fsp3) is 0.348. The number of aryl methyl sites for hydroxylation is 1. The Bertz CT molecular complexity index is 1290. The predicted molar refractivity (Wildman–Crippen MR) is 118 cm³/mol. The van der Waals surface area contributed by atoms with Crippen LogP contribution in [-0.2, 0) is 17.7 Å². The Labute approximate surface area is 184 Å². The number of benzene rings is 2. The summed E-state index contributed by atoms with van der Waals surface area (Å²) in [4.78, 5) is 12.5. The van der Waals surface area contributed by atoms with E-state index in [1.54, 1.807) is 20.8 Å². The molecule has 1 amide bonds.